The lowest BCUT2D eigenvalue weighted by molar-refractivity contribution is -0.121. The Labute approximate surface area is 204 Å². The van der Waals surface area contributed by atoms with Gasteiger partial charge >= 0.3 is 0 Å². The fourth-order valence-electron chi connectivity index (χ4n) is 3.76. The third-order valence-electron chi connectivity index (χ3n) is 5.37. The average molecular weight is 487 g/mol. The maximum Gasteiger partial charge on any atom is 0.275 e. The van der Waals surface area contributed by atoms with Gasteiger partial charge in [-0.25, -0.2) is 4.98 Å². The molecule has 0 aliphatic heterocycles. The Morgan fingerprint density at radius 3 is 2.21 bits per heavy atom. The van der Waals surface area contributed by atoms with E-state index in [2.05, 4.69) is 15.4 Å². The molecule has 5 rings (SSSR count). The molecule has 0 radical (unpaired) electrons. The molecular weight excluding hydrogens is 468 g/mol. The molecule has 0 saturated carbocycles. The third-order valence-corrected chi connectivity index (χ3v) is 6.65. The zero-order chi connectivity index (χ0) is 23.5. The molecule has 34 heavy (non-hydrogen) atoms. The molecule has 0 unspecified atom stereocenters. The van der Waals surface area contributed by atoms with E-state index in [1.807, 2.05) is 78.9 Å². The lowest BCUT2D eigenvalue weighted by Gasteiger charge is -2.17. The Bertz CT molecular complexity index is 1480. The molecule has 0 atom stereocenters. The van der Waals surface area contributed by atoms with Crippen molar-refractivity contribution in [1.82, 2.24) is 19.9 Å². The van der Waals surface area contributed by atoms with Crippen LogP contribution in [0.1, 0.15) is 22.7 Å². The van der Waals surface area contributed by atoms with Crippen molar-refractivity contribution in [3.8, 4) is 10.6 Å². The van der Waals surface area contributed by atoms with E-state index in [1.165, 1.54) is 21.9 Å². The lowest BCUT2D eigenvalue weighted by Crippen LogP contribution is -2.30. The number of aromatic nitrogens is 3. The van der Waals surface area contributed by atoms with Crippen LogP contribution in [0.4, 0.5) is 0 Å². The second-order valence-electron chi connectivity index (χ2n) is 7.64. The summed E-state index contributed by atoms with van der Waals surface area (Å²) >= 11 is 7.55. The van der Waals surface area contributed by atoms with Crippen LogP contribution in [-0.4, -0.2) is 20.5 Å². The quantitative estimate of drug-likeness (QED) is 0.369. The van der Waals surface area contributed by atoms with Crippen LogP contribution in [0.25, 0.3) is 15.5 Å². The van der Waals surface area contributed by atoms with Gasteiger partial charge in [-0.05, 0) is 17.2 Å². The van der Waals surface area contributed by atoms with Gasteiger partial charge in [-0.3, -0.25) is 9.59 Å². The number of rotatable bonds is 6. The average Bonchev–Trinajstić information content (AvgIpc) is 3.29. The molecule has 5 aromatic rings. The van der Waals surface area contributed by atoms with Crippen LogP contribution in [0.5, 0.6) is 0 Å². The highest BCUT2D eigenvalue weighted by molar-refractivity contribution is 7.19. The van der Waals surface area contributed by atoms with E-state index < -0.39 is 5.92 Å². The molecular formula is C26H19ClN4O2S. The molecule has 1 N–H and O–H groups in total. The van der Waals surface area contributed by atoms with Crippen LogP contribution in [0.2, 0.25) is 5.02 Å². The van der Waals surface area contributed by atoms with Gasteiger partial charge in [-0.15, -0.1) is 0 Å². The molecule has 1 amide bonds. The normalized spacial score (nSPS) is 11.1. The molecule has 0 saturated heterocycles. The van der Waals surface area contributed by atoms with E-state index in [0.717, 1.165) is 16.7 Å². The summed E-state index contributed by atoms with van der Waals surface area (Å²) in [7, 11) is 0. The maximum atomic E-state index is 13.2. The van der Waals surface area contributed by atoms with Crippen LogP contribution in [0.3, 0.4) is 0 Å². The first-order chi connectivity index (χ1) is 16.6. The first-order valence-corrected chi connectivity index (χ1v) is 11.8. The van der Waals surface area contributed by atoms with Crippen LogP contribution in [0.15, 0.2) is 95.8 Å². The topological polar surface area (TPSA) is 76.4 Å². The number of benzene rings is 3. The highest BCUT2D eigenvalue weighted by Crippen LogP contribution is 2.30. The lowest BCUT2D eigenvalue weighted by atomic mass is 9.90. The number of carbonyl (C=O) groups excluding carboxylic acids is 1. The number of fused-ring (bicyclic) bond motifs is 1. The molecule has 0 aliphatic rings. The summed E-state index contributed by atoms with van der Waals surface area (Å²) in [6, 6.07) is 27.9. The van der Waals surface area contributed by atoms with Crippen molar-refractivity contribution in [2.45, 2.75) is 12.5 Å². The van der Waals surface area contributed by atoms with Gasteiger partial charge in [0, 0.05) is 11.6 Å². The van der Waals surface area contributed by atoms with Crippen LogP contribution < -0.4 is 10.9 Å². The highest BCUT2D eigenvalue weighted by atomic mass is 35.5. The molecule has 3 aromatic carbocycles. The predicted octanol–water partition coefficient (Wildman–Crippen LogP) is 4.92. The minimum atomic E-state index is -0.470. The van der Waals surface area contributed by atoms with Crippen LogP contribution in [0, 0.1) is 0 Å². The predicted molar refractivity (Wildman–Crippen MR) is 134 cm³/mol. The first kappa shape index (κ1) is 22.0. The van der Waals surface area contributed by atoms with Gasteiger partial charge in [0.2, 0.25) is 10.9 Å². The highest BCUT2D eigenvalue weighted by Gasteiger charge is 2.22. The summed E-state index contributed by atoms with van der Waals surface area (Å²) in [6.07, 6.45) is 0. The van der Waals surface area contributed by atoms with E-state index in [-0.39, 0.29) is 18.0 Å². The van der Waals surface area contributed by atoms with E-state index in [4.69, 9.17) is 11.6 Å². The van der Waals surface area contributed by atoms with Gasteiger partial charge in [-0.2, -0.15) is 9.61 Å². The first-order valence-electron chi connectivity index (χ1n) is 10.6. The zero-order valence-electron chi connectivity index (χ0n) is 17.9. The van der Waals surface area contributed by atoms with Crippen molar-refractivity contribution in [3.63, 3.8) is 0 Å². The largest absolute Gasteiger partial charge is 0.350 e. The van der Waals surface area contributed by atoms with Crippen molar-refractivity contribution in [2.75, 3.05) is 0 Å². The number of nitrogens with one attached hydrogen (secondary N) is 1. The number of amides is 1. The smallest absolute Gasteiger partial charge is 0.275 e. The van der Waals surface area contributed by atoms with Gasteiger partial charge in [0.15, 0.2) is 0 Å². The Balaban J connectivity index is 1.41. The second kappa shape index (κ2) is 9.59. The Hall–Kier alpha value is -3.81. The maximum absolute atomic E-state index is 13.2. The molecule has 0 aliphatic carbocycles. The summed E-state index contributed by atoms with van der Waals surface area (Å²) in [6.45, 7) is 0.125. The summed E-state index contributed by atoms with van der Waals surface area (Å²) < 4.78 is 1.26. The van der Waals surface area contributed by atoms with Crippen molar-refractivity contribution in [2.24, 2.45) is 0 Å². The Morgan fingerprint density at radius 1 is 0.941 bits per heavy atom. The van der Waals surface area contributed by atoms with E-state index >= 15 is 0 Å². The van der Waals surface area contributed by atoms with Crippen molar-refractivity contribution >= 4 is 33.8 Å². The number of hydrogen-bond acceptors (Lipinski definition) is 5. The number of hydrogen-bond donors (Lipinski definition) is 1. The summed E-state index contributed by atoms with van der Waals surface area (Å²) in [5.74, 6) is -0.636. The zero-order valence-corrected chi connectivity index (χ0v) is 19.5. The van der Waals surface area contributed by atoms with Gasteiger partial charge in [0.05, 0.1) is 23.2 Å². The van der Waals surface area contributed by atoms with Gasteiger partial charge in [-0.1, -0.05) is 102 Å². The van der Waals surface area contributed by atoms with Gasteiger partial charge in [0.25, 0.3) is 5.56 Å². The molecule has 8 heteroatoms. The molecule has 2 aromatic heterocycles. The number of nitrogens with zero attached hydrogens (tertiary/aromatic N) is 3. The summed E-state index contributed by atoms with van der Waals surface area (Å²) in [5.41, 5.74) is 2.67. The third kappa shape index (κ3) is 4.48. The number of carbonyl (C=O) groups is 1. The fourth-order valence-corrected chi connectivity index (χ4v) is 5.00. The van der Waals surface area contributed by atoms with Gasteiger partial charge in [0.1, 0.15) is 5.01 Å². The molecule has 0 bridgehead atoms. The van der Waals surface area contributed by atoms with Crippen molar-refractivity contribution in [1.29, 1.82) is 0 Å². The van der Waals surface area contributed by atoms with E-state index in [0.29, 0.717) is 20.7 Å². The van der Waals surface area contributed by atoms with Crippen LogP contribution >= 0.6 is 22.9 Å². The Kier molecular flexibility index (Phi) is 6.20. The van der Waals surface area contributed by atoms with E-state index in [1.54, 1.807) is 6.07 Å². The number of halogens is 1. The second-order valence-corrected chi connectivity index (χ2v) is 9.00. The van der Waals surface area contributed by atoms with Crippen molar-refractivity contribution in [3.05, 3.63) is 123 Å². The molecule has 2 heterocycles. The van der Waals surface area contributed by atoms with Crippen molar-refractivity contribution < 1.29 is 4.79 Å². The molecule has 6 nitrogen and oxygen atoms in total. The van der Waals surface area contributed by atoms with Gasteiger partial charge < -0.3 is 5.32 Å². The Morgan fingerprint density at radius 2 is 1.56 bits per heavy atom. The summed E-state index contributed by atoms with van der Waals surface area (Å²) in [4.78, 5) is 30.9. The molecule has 168 valence electrons. The fraction of sp³-hybridized carbons (Fsp3) is 0.0769. The monoisotopic (exact) mass is 486 g/mol. The minimum Gasteiger partial charge on any atom is -0.350 e. The molecule has 0 spiro atoms. The van der Waals surface area contributed by atoms with Crippen LogP contribution in [-0.2, 0) is 11.3 Å². The SMILES string of the molecule is O=C(NCc1cc(=O)n2nc(-c3ccccc3Cl)sc2n1)C(c1ccccc1)c1ccccc1. The van der Waals surface area contributed by atoms with E-state index in [9.17, 15) is 9.59 Å². The summed E-state index contributed by atoms with van der Waals surface area (Å²) in [5, 5.41) is 8.48. The minimum absolute atomic E-state index is 0.125. The standard InChI is InChI=1S/C26H19ClN4O2S/c27-21-14-8-7-13-20(21)25-30-31-22(32)15-19(29-26(31)34-25)16-28-24(33)23(17-9-3-1-4-10-17)18-11-5-2-6-12-18/h1-15,23H,16H2,(H,28,33). The molecule has 0 fully saturated rings.